The summed E-state index contributed by atoms with van der Waals surface area (Å²) in [6.45, 7) is 4.31. The summed E-state index contributed by atoms with van der Waals surface area (Å²) in [5.41, 5.74) is 0. The van der Waals surface area contributed by atoms with Gasteiger partial charge in [-0.3, -0.25) is 0 Å². The van der Waals surface area contributed by atoms with Gasteiger partial charge in [0.2, 0.25) is 0 Å². The molecule has 1 N–H and O–H groups in total. The highest BCUT2D eigenvalue weighted by Crippen LogP contribution is 2.15. The van der Waals surface area contributed by atoms with Gasteiger partial charge in [0.05, 0.1) is 6.10 Å². The molecule has 0 atom stereocenters. The third-order valence-electron chi connectivity index (χ3n) is 4.23. The van der Waals surface area contributed by atoms with Crippen molar-refractivity contribution in [2.45, 2.75) is 117 Å². The van der Waals surface area contributed by atoms with E-state index in [9.17, 15) is 5.11 Å². The summed E-state index contributed by atoms with van der Waals surface area (Å²) in [7, 11) is 0. The highest BCUT2D eigenvalue weighted by molar-refractivity contribution is 4.71. The van der Waals surface area contributed by atoms with Crippen molar-refractivity contribution >= 4 is 0 Å². The van der Waals surface area contributed by atoms with Crippen LogP contribution in [0.5, 0.6) is 0 Å². The minimum absolute atomic E-state index is 0.684. The average Bonchev–Trinajstić information content (AvgIpc) is 2.47. The molecule has 0 aliphatic carbocycles. The van der Waals surface area contributed by atoms with Crippen LogP contribution in [0.1, 0.15) is 117 Å². The van der Waals surface area contributed by atoms with Crippen molar-refractivity contribution in [2.24, 2.45) is 0 Å². The maximum absolute atomic E-state index is 9.37. The SMILES string of the molecule is CCCCCCCCCCCCCCCC[C](O)CC. The molecule has 0 fully saturated rings. The summed E-state index contributed by atoms with van der Waals surface area (Å²) in [4.78, 5) is 0. The molecule has 1 heteroatoms. The summed E-state index contributed by atoms with van der Waals surface area (Å²) in [5, 5.41) is 9.37. The zero-order valence-electron chi connectivity index (χ0n) is 14.3. The Bertz CT molecular complexity index is 167. The maximum Gasteiger partial charge on any atom is 0.0930 e. The Kier molecular flexibility index (Phi) is 17.0. The molecule has 0 saturated carbocycles. The Hall–Kier alpha value is -0.0400. The molecule has 0 saturated heterocycles. The number of unbranched alkanes of at least 4 members (excludes halogenated alkanes) is 13. The Balaban J connectivity index is 2.96. The van der Waals surface area contributed by atoms with Gasteiger partial charge in [-0.25, -0.2) is 0 Å². The molecule has 0 heterocycles. The van der Waals surface area contributed by atoms with E-state index in [0.717, 1.165) is 12.8 Å². The third-order valence-corrected chi connectivity index (χ3v) is 4.23. The van der Waals surface area contributed by atoms with Crippen LogP contribution in [0.2, 0.25) is 0 Å². The molecule has 0 spiro atoms. The van der Waals surface area contributed by atoms with Gasteiger partial charge in [-0.1, -0.05) is 104 Å². The molecule has 1 radical (unpaired) electrons. The predicted molar refractivity (Wildman–Crippen MR) is 90.4 cm³/mol. The Morgan fingerprint density at radius 1 is 0.550 bits per heavy atom. The van der Waals surface area contributed by atoms with Crippen LogP contribution in [0.3, 0.4) is 0 Å². The van der Waals surface area contributed by atoms with Gasteiger partial charge >= 0.3 is 0 Å². The lowest BCUT2D eigenvalue weighted by molar-refractivity contribution is 0.268. The lowest BCUT2D eigenvalue weighted by Gasteiger charge is -2.06. The van der Waals surface area contributed by atoms with E-state index >= 15 is 0 Å². The monoisotopic (exact) mass is 283 g/mol. The molecule has 0 amide bonds. The number of aliphatic hydroxyl groups is 1. The van der Waals surface area contributed by atoms with Gasteiger partial charge in [-0.05, 0) is 12.8 Å². The molecular weight excluding hydrogens is 244 g/mol. The molecule has 0 aromatic carbocycles. The first-order valence-corrected chi connectivity index (χ1v) is 9.34. The van der Waals surface area contributed by atoms with Gasteiger partial charge in [-0.15, -0.1) is 0 Å². The van der Waals surface area contributed by atoms with Crippen molar-refractivity contribution in [1.29, 1.82) is 0 Å². The van der Waals surface area contributed by atoms with Gasteiger partial charge in [0.15, 0.2) is 0 Å². The first-order valence-electron chi connectivity index (χ1n) is 9.34. The van der Waals surface area contributed by atoms with Crippen LogP contribution in [0.15, 0.2) is 0 Å². The second-order valence-corrected chi connectivity index (χ2v) is 6.27. The van der Waals surface area contributed by atoms with Gasteiger partial charge in [0.1, 0.15) is 0 Å². The van der Waals surface area contributed by atoms with Crippen molar-refractivity contribution in [3.63, 3.8) is 0 Å². The predicted octanol–water partition coefficient (Wildman–Crippen LogP) is 7.17. The Labute approximate surface area is 128 Å². The van der Waals surface area contributed by atoms with E-state index in [1.54, 1.807) is 0 Å². The largest absolute Gasteiger partial charge is 0.387 e. The van der Waals surface area contributed by atoms with Crippen molar-refractivity contribution in [3.05, 3.63) is 6.10 Å². The van der Waals surface area contributed by atoms with Crippen LogP contribution in [0, 0.1) is 6.10 Å². The fraction of sp³-hybridized carbons (Fsp3) is 0.947. The van der Waals surface area contributed by atoms with Crippen LogP contribution < -0.4 is 0 Å². The smallest absolute Gasteiger partial charge is 0.0930 e. The summed E-state index contributed by atoms with van der Waals surface area (Å²) in [5.74, 6) is 0. The molecule has 0 aliphatic rings. The molecule has 0 bridgehead atoms. The summed E-state index contributed by atoms with van der Waals surface area (Å²) >= 11 is 0. The fourth-order valence-electron chi connectivity index (χ4n) is 2.70. The van der Waals surface area contributed by atoms with Crippen molar-refractivity contribution in [2.75, 3.05) is 0 Å². The first kappa shape index (κ1) is 20.0. The summed E-state index contributed by atoms with van der Waals surface area (Å²) in [6, 6.07) is 0. The molecular formula is C19H39O. The molecule has 0 aromatic heterocycles. The average molecular weight is 284 g/mol. The lowest BCUT2D eigenvalue weighted by atomic mass is 10.0. The Morgan fingerprint density at radius 2 is 0.900 bits per heavy atom. The molecule has 0 aliphatic heterocycles. The van der Waals surface area contributed by atoms with Crippen LogP contribution >= 0.6 is 0 Å². The molecule has 0 aromatic rings. The van der Waals surface area contributed by atoms with Crippen molar-refractivity contribution < 1.29 is 5.11 Å². The second kappa shape index (κ2) is 17.0. The number of hydrogen-bond acceptors (Lipinski definition) is 1. The van der Waals surface area contributed by atoms with Gasteiger partial charge in [0.25, 0.3) is 0 Å². The number of hydrogen-bond donors (Lipinski definition) is 1. The number of rotatable bonds is 16. The van der Waals surface area contributed by atoms with Crippen molar-refractivity contribution in [3.8, 4) is 0 Å². The van der Waals surface area contributed by atoms with Gasteiger partial charge < -0.3 is 5.11 Å². The highest BCUT2D eigenvalue weighted by atomic mass is 16.3. The normalized spacial score (nSPS) is 11.4. The van der Waals surface area contributed by atoms with E-state index in [0.29, 0.717) is 6.10 Å². The lowest BCUT2D eigenvalue weighted by Crippen LogP contribution is -1.93. The maximum atomic E-state index is 9.37. The topological polar surface area (TPSA) is 20.2 Å². The zero-order valence-corrected chi connectivity index (χ0v) is 14.3. The fourth-order valence-corrected chi connectivity index (χ4v) is 2.70. The summed E-state index contributed by atoms with van der Waals surface area (Å²) < 4.78 is 0. The third kappa shape index (κ3) is 16.0. The highest BCUT2D eigenvalue weighted by Gasteiger charge is 2.00. The molecule has 1 nitrogen and oxygen atoms in total. The standard InChI is InChI=1S/C19H39O/c1-3-5-6-7-8-9-10-11-12-13-14-15-16-17-18-19(20)4-2/h20H,3-18H2,1-2H3. The minimum Gasteiger partial charge on any atom is -0.387 e. The second-order valence-electron chi connectivity index (χ2n) is 6.27. The minimum atomic E-state index is 0.684. The van der Waals surface area contributed by atoms with E-state index in [2.05, 4.69) is 6.92 Å². The van der Waals surface area contributed by atoms with E-state index in [4.69, 9.17) is 0 Å². The molecule has 0 unspecified atom stereocenters. The van der Waals surface area contributed by atoms with Crippen LogP contribution in [-0.2, 0) is 0 Å². The van der Waals surface area contributed by atoms with Gasteiger partial charge in [-0.2, -0.15) is 0 Å². The van der Waals surface area contributed by atoms with Crippen molar-refractivity contribution in [1.82, 2.24) is 0 Å². The molecule has 121 valence electrons. The van der Waals surface area contributed by atoms with Gasteiger partial charge in [0, 0.05) is 0 Å². The molecule has 0 rings (SSSR count). The van der Waals surface area contributed by atoms with E-state index < -0.39 is 0 Å². The summed E-state index contributed by atoms with van der Waals surface area (Å²) in [6.07, 6.45) is 22.0. The Morgan fingerprint density at radius 3 is 1.25 bits per heavy atom. The van der Waals surface area contributed by atoms with E-state index in [1.165, 1.54) is 89.9 Å². The van der Waals surface area contributed by atoms with Crippen LogP contribution in [0.25, 0.3) is 0 Å². The first-order chi connectivity index (χ1) is 9.81. The molecule has 20 heavy (non-hydrogen) atoms. The van der Waals surface area contributed by atoms with E-state index in [-0.39, 0.29) is 0 Å². The zero-order chi connectivity index (χ0) is 14.9. The quantitative estimate of drug-likeness (QED) is 0.298. The van der Waals surface area contributed by atoms with Crippen LogP contribution in [0.4, 0.5) is 0 Å². The number of aliphatic hydroxyl groups excluding tert-OH is 1. The van der Waals surface area contributed by atoms with Crippen LogP contribution in [-0.4, -0.2) is 5.11 Å². The van der Waals surface area contributed by atoms with E-state index in [1.807, 2.05) is 6.92 Å².